The lowest BCUT2D eigenvalue weighted by molar-refractivity contribution is 0.0141. The van der Waals surface area contributed by atoms with Crippen molar-refractivity contribution >= 4 is 12.2 Å². The molecule has 0 aromatic heterocycles. The molecule has 0 unspecified atom stereocenters. The smallest absolute Gasteiger partial charge is 0.410 e. The van der Waals surface area contributed by atoms with Gasteiger partial charge in [0.05, 0.1) is 0 Å². The molecule has 24 heavy (non-hydrogen) atoms. The Kier molecular flexibility index (Phi) is 5.96. The molecule has 138 valence electrons. The standard InChI is InChI=1S/C17H31N3O4/c1-13-11-20(15(21)22)10-9-19(13)12-14-5-7-18(8-6-14)16(23)24-17(2,3)4/h13-14H,5-12H2,1-4H3,(H,21,22)/t13-/m0/s1. The summed E-state index contributed by atoms with van der Waals surface area (Å²) in [6, 6.07) is 0.249. The summed E-state index contributed by atoms with van der Waals surface area (Å²) >= 11 is 0. The third-order valence-electron chi connectivity index (χ3n) is 4.79. The number of ether oxygens (including phenoxy) is 1. The molecule has 0 aliphatic carbocycles. The molecule has 2 heterocycles. The van der Waals surface area contributed by atoms with Crippen molar-refractivity contribution in [3.8, 4) is 0 Å². The summed E-state index contributed by atoms with van der Waals surface area (Å²) in [7, 11) is 0. The Morgan fingerprint density at radius 1 is 1.08 bits per heavy atom. The molecule has 0 aromatic rings. The van der Waals surface area contributed by atoms with Crippen LogP contribution < -0.4 is 0 Å². The maximum Gasteiger partial charge on any atom is 0.410 e. The molecule has 7 nitrogen and oxygen atoms in total. The Labute approximate surface area is 144 Å². The van der Waals surface area contributed by atoms with Crippen LogP contribution in [0.1, 0.15) is 40.5 Å². The number of likely N-dealkylation sites (tertiary alicyclic amines) is 1. The van der Waals surface area contributed by atoms with Crippen LogP contribution in [-0.4, -0.2) is 82.9 Å². The maximum atomic E-state index is 12.1. The minimum atomic E-state index is -0.827. The minimum Gasteiger partial charge on any atom is -0.465 e. The molecule has 2 rings (SSSR count). The molecule has 2 saturated heterocycles. The van der Waals surface area contributed by atoms with Crippen molar-refractivity contribution in [1.82, 2.24) is 14.7 Å². The topological polar surface area (TPSA) is 73.3 Å². The normalized spacial score (nSPS) is 24.1. The van der Waals surface area contributed by atoms with Gasteiger partial charge in [-0.1, -0.05) is 0 Å². The first-order chi connectivity index (χ1) is 11.2. The highest BCUT2D eigenvalue weighted by Crippen LogP contribution is 2.22. The van der Waals surface area contributed by atoms with Gasteiger partial charge in [0.2, 0.25) is 0 Å². The van der Waals surface area contributed by atoms with Crippen molar-refractivity contribution < 1.29 is 19.4 Å². The van der Waals surface area contributed by atoms with E-state index >= 15 is 0 Å². The van der Waals surface area contributed by atoms with Crippen LogP contribution in [0.4, 0.5) is 9.59 Å². The van der Waals surface area contributed by atoms with Crippen LogP contribution in [0.15, 0.2) is 0 Å². The second-order valence-corrected chi connectivity index (χ2v) is 7.98. The largest absolute Gasteiger partial charge is 0.465 e. The number of piperidine rings is 1. The van der Waals surface area contributed by atoms with Crippen molar-refractivity contribution in [2.75, 3.05) is 39.3 Å². The lowest BCUT2D eigenvalue weighted by atomic mass is 9.95. The SMILES string of the molecule is C[C@H]1CN(C(=O)O)CCN1CC1CCN(C(=O)OC(C)(C)C)CC1. The summed E-state index contributed by atoms with van der Waals surface area (Å²) in [4.78, 5) is 28.8. The number of rotatable bonds is 2. The predicted octanol–water partition coefficient (Wildman–Crippen LogP) is 2.32. The van der Waals surface area contributed by atoms with E-state index in [-0.39, 0.29) is 12.1 Å². The Morgan fingerprint density at radius 2 is 1.71 bits per heavy atom. The van der Waals surface area contributed by atoms with Gasteiger partial charge in [0.15, 0.2) is 0 Å². The zero-order valence-electron chi connectivity index (χ0n) is 15.3. The van der Waals surface area contributed by atoms with Crippen molar-refractivity contribution in [3.63, 3.8) is 0 Å². The zero-order chi connectivity index (χ0) is 17.9. The summed E-state index contributed by atoms with van der Waals surface area (Å²) in [5.74, 6) is 0.558. The van der Waals surface area contributed by atoms with E-state index in [2.05, 4.69) is 11.8 Å². The molecular weight excluding hydrogens is 310 g/mol. The van der Waals surface area contributed by atoms with E-state index in [0.717, 1.165) is 39.0 Å². The Morgan fingerprint density at radius 3 is 2.21 bits per heavy atom. The van der Waals surface area contributed by atoms with E-state index in [9.17, 15) is 9.59 Å². The van der Waals surface area contributed by atoms with E-state index in [1.54, 1.807) is 4.90 Å². The van der Waals surface area contributed by atoms with Crippen molar-refractivity contribution in [1.29, 1.82) is 0 Å². The summed E-state index contributed by atoms with van der Waals surface area (Å²) < 4.78 is 5.43. The molecular formula is C17H31N3O4. The van der Waals surface area contributed by atoms with Crippen molar-refractivity contribution in [3.05, 3.63) is 0 Å². The van der Waals surface area contributed by atoms with Gasteiger partial charge in [-0.05, 0) is 46.5 Å². The van der Waals surface area contributed by atoms with Crippen molar-refractivity contribution in [2.45, 2.75) is 52.2 Å². The molecule has 2 fully saturated rings. The first-order valence-electron chi connectivity index (χ1n) is 8.85. The fourth-order valence-electron chi connectivity index (χ4n) is 3.40. The molecule has 2 aliphatic rings. The molecule has 2 aliphatic heterocycles. The summed E-state index contributed by atoms with van der Waals surface area (Å²) in [5, 5.41) is 9.08. The summed E-state index contributed by atoms with van der Waals surface area (Å²) in [6.07, 6.45) is 0.910. The van der Waals surface area contributed by atoms with Gasteiger partial charge in [-0.25, -0.2) is 9.59 Å². The van der Waals surface area contributed by atoms with Gasteiger partial charge in [-0.2, -0.15) is 0 Å². The average molecular weight is 341 g/mol. The van der Waals surface area contributed by atoms with E-state index in [4.69, 9.17) is 9.84 Å². The number of nitrogens with zero attached hydrogens (tertiary/aromatic N) is 3. The predicted molar refractivity (Wildman–Crippen MR) is 91.2 cm³/mol. The molecule has 1 N–H and O–H groups in total. The molecule has 7 heteroatoms. The number of carboxylic acid groups (broad SMARTS) is 1. The molecule has 1 atom stereocenters. The van der Waals surface area contributed by atoms with E-state index in [0.29, 0.717) is 19.0 Å². The zero-order valence-corrected chi connectivity index (χ0v) is 15.3. The minimum absolute atomic E-state index is 0.218. The fourth-order valence-corrected chi connectivity index (χ4v) is 3.40. The van der Waals surface area contributed by atoms with Gasteiger partial charge in [0, 0.05) is 45.3 Å². The lowest BCUT2D eigenvalue weighted by Gasteiger charge is -2.41. The number of hydrogen-bond acceptors (Lipinski definition) is 4. The average Bonchev–Trinajstić information content (AvgIpc) is 2.48. The highest BCUT2D eigenvalue weighted by atomic mass is 16.6. The number of hydrogen-bond donors (Lipinski definition) is 1. The highest BCUT2D eigenvalue weighted by molar-refractivity contribution is 5.68. The molecule has 2 amide bonds. The first-order valence-corrected chi connectivity index (χ1v) is 8.85. The van der Waals surface area contributed by atoms with Crippen molar-refractivity contribution in [2.24, 2.45) is 5.92 Å². The third kappa shape index (κ3) is 5.26. The maximum absolute atomic E-state index is 12.1. The van der Waals surface area contributed by atoms with E-state index in [1.807, 2.05) is 20.8 Å². The Balaban J connectivity index is 1.75. The number of carbonyl (C=O) groups excluding carboxylic acids is 1. The van der Waals surface area contributed by atoms with Crippen LogP contribution in [0.3, 0.4) is 0 Å². The van der Waals surface area contributed by atoms with Gasteiger partial charge >= 0.3 is 12.2 Å². The second kappa shape index (κ2) is 7.59. The second-order valence-electron chi connectivity index (χ2n) is 7.98. The Hall–Kier alpha value is -1.50. The fraction of sp³-hybridized carbons (Fsp3) is 0.882. The summed E-state index contributed by atoms with van der Waals surface area (Å²) in [5.41, 5.74) is -0.451. The highest BCUT2D eigenvalue weighted by Gasteiger charge is 2.31. The van der Waals surface area contributed by atoms with Gasteiger partial charge in [0.25, 0.3) is 0 Å². The number of amides is 2. The van der Waals surface area contributed by atoms with Gasteiger partial charge in [0.1, 0.15) is 5.60 Å². The molecule has 0 saturated carbocycles. The van der Waals surface area contributed by atoms with Crippen LogP contribution in [0.5, 0.6) is 0 Å². The van der Waals surface area contributed by atoms with Gasteiger partial charge in [-0.3, -0.25) is 4.90 Å². The quantitative estimate of drug-likeness (QED) is 0.834. The number of carbonyl (C=O) groups is 2. The lowest BCUT2D eigenvalue weighted by Crippen LogP contribution is -2.55. The van der Waals surface area contributed by atoms with E-state index < -0.39 is 11.7 Å². The molecule has 0 spiro atoms. The Bertz CT molecular complexity index is 455. The van der Waals surface area contributed by atoms with Gasteiger partial charge < -0.3 is 19.6 Å². The van der Waals surface area contributed by atoms with Crippen LogP contribution in [0.2, 0.25) is 0 Å². The van der Waals surface area contributed by atoms with Crippen LogP contribution >= 0.6 is 0 Å². The molecule has 0 aromatic carbocycles. The van der Waals surface area contributed by atoms with Crippen LogP contribution in [0, 0.1) is 5.92 Å². The number of piperazine rings is 1. The van der Waals surface area contributed by atoms with E-state index in [1.165, 1.54) is 4.90 Å². The first kappa shape index (κ1) is 18.8. The van der Waals surface area contributed by atoms with Gasteiger partial charge in [-0.15, -0.1) is 0 Å². The summed E-state index contributed by atoms with van der Waals surface area (Å²) in [6.45, 7) is 12.2. The molecule has 0 radical (unpaired) electrons. The van der Waals surface area contributed by atoms with Crippen LogP contribution in [-0.2, 0) is 4.74 Å². The molecule has 0 bridgehead atoms. The van der Waals surface area contributed by atoms with Crippen LogP contribution in [0.25, 0.3) is 0 Å². The monoisotopic (exact) mass is 341 g/mol. The third-order valence-corrected chi connectivity index (χ3v) is 4.79.